The van der Waals surface area contributed by atoms with E-state index in [0.29, 0.717) is 17.3 Å². The Hall–Kier alpha value is -3.35. The van der Waals surface area contributed by atoms with Gasteiger partial charge >= 0.3 is 0 Å². The van der Waals surface area contributed by atoms with Crippen molar-refractivity contribution >= 4 is 55.7 Å². The van der Waals surface area contributed by atoms with E-state index in [1.165, 1.54) is 4.90 Å². The minimum absolute atomic E-state index is 0.238. The van der Waals surface area contributed by atoms with Crippen LogP contribution in [0.15, 0.2) is 100 Å². The Balaban J connectivity index is 1.47. The molecule has 4 nitrogen and oxygen atoms in total. The van der Waals surface area contributed by atoms with E-state index >= 15 is 0 Å². The fourth-order valence-electron chi connectivity index (χ4n) is 3.83. The SMILES string of the molecule is O=C1S/C(=C/c2c(OCc3ccccc3)ccc3ccccc23)C(=O)N1Cc1ccc(Br)cc1. The third-order valence-corrected chi connectivity index (χ3v) is 7.01. The van der Waals surface area contributed by atoms with E-state index in [1.54, 1.807) is 6.08 Å². The molecule has 4 aromatic carbocycles. The Morgan fingerprint density at radius 3 is 2.35 bits per heavy atom. The highest BCUT2D eigenvalue weighted by atomic mass is 79.9. The number of rotatable bonds is 6. The van der Waals surface area contributed by atoms with Gasteiger partial charge in [0, 0.05) is 10.0 Å². The summed E-state index contributed by atoms with van der Waals surface area (Å²) >= 11 is 4.37. The minimum atomic E-state index is -0.292. The Bertz CT molecular complexity index is 1400. The van der Waals surface area contributed by atoms with Crippen molar-refractivity contribution in [1.29, 1.82) is 0 Å². The number of ether oxygens (including phenoxy) is 1. The monoisotopic (exact) mass is 529 g/mol. The van der Waals surface area contributed by atoms with Crippen molar-refractivity contribution in [2.24, 2.45) is 0 Å². The van der Waals surface area contributed by atoms with E-state index < -0.39 is 0 Å². The molecule has 0 radical (unpaired) electrons. The van der Waals surface area contributed by atoms with E-state index in [0.717, 1.165) is 43.7 Å². The molecule has 0 unspecified atom stereocenters. The summed E-state index contributed by atoms with van der Waals surface area (Å²) in [5.41, 5.74) is 2.74. The molecule has 5 rings (SSSR count). The molecule has 168 valence electrons. The first-order chi connectivity index (χ1) is 16.6. The summed E-state index contributed by atoms with van der Waals surface area (Å²) in [5.74, 6) is 0.377. The van der Waals surface area contributed by atoms with Crippen molar-refractivity contribution in [3.8, 4) is 5.75 Å². The predicted octanol–water partition coefficient (Wildman–Crippen LogP) is 7.42. The number of nitrogens with zero attached hydrogens (tertiary/aromatic N) is 1. The molecule has 1 heterocycles. The number of carbonyl (C=O) groups excluding carboxylic acids is 2. The maximum Gasteiger partial charge on any atom is 0.293 e. The van der Waals surface area contributed by atoms with Crippen molar-refractivity contribution < 1.29 is 14.3 Å². The molecule has 6 heteroatoms. The highest BCUT2D eigenvalue weighted by Gasteiger charge is 2.35. The van der Waals surface area contributed by atoms with Crippen LogP contribution in [0, 0.1) is 0 Å². The Kier molecular flexibility index (Phi) is 6.52. The number of hydrogen-bond donors (Lipinski definition) is 0. The van der Waals surface area contributed by atoms with E-state index in [9.17, 15) is 9.59 Å². The highest BCUT2D eigenvalue weighted by molar-refractivity contribution is 9.10. The lowest BCUT2D eigenvalue weighted by atomic mass is 10.0. The first-order valence-electron chi connectivity index (χ1n) is 10.8. The van der Waals surface area contributed by atoms with Crippen LogP contribution in [0.4, 0.5) is 4.79 Å². The number of fused-ring (bicyclic) bond motifs is 1. The molecule has 1 fully saturated rings. The van der Waals surface area contributed by atoms with Crippen LogP contribution in [0.3, 0.4) is 0 Å². The van der Waals surface area contributed by atoms with Gasteiger partial charge in [-0.15, -0.1) is 0 Å². The van der Waals surface area contributed by atoms with Gasteiger partial charge in [0.25, 0.3) is 11.1 Å². The van der Waals surface area contributed by atoms with Crippen LogP contribution in [-0.2, 0) is 17.9 Å². The quantitative estimate of drug-likeness (QED) is 0.244. The van der Waals surface area contributed by atoms with Gasteiger partial charge in [-0.05, 0) is 57.9 Å². The molecule has 0 saturated carbocycles. The van der Waals surface area contributed by atoms with Crippen LogP contribution < -0.4 is 4.74 Å². The van der Waals surface area contributed by atoms with Crippen LogP contribution in [0.5, 0.6) is 5.75 Å². The molecule has 0 bridgehead atoms. The average Bonchev–Trinajstić information content (AvgIpc) is 3.12. The van der Waals surface area contributed by atoms with Gasteiger partial charge in [0.15, 0.2) is 0 Å². The molecule has 2 amide bonds. The molecular weight excluding hydrogens is 510 g/mol. The third-order valence-electron chi connectivity index (χ3n) is 5.57. The van der Waals surface area contributed by atoms with Gasteiger partial charge in [-0.3, -0.25) is 14.5 Å². The third kappa shape index (κ3) is 4.79. The number of imide groups is 1. The maximum atomic E-state index is 13.2. The zero-order valence-corrected chi connectivity index (χ0v) is 20.5. The topological polar surface area (TPSA) is 46.6 Å². The summed E-state index contributed by atoms with van der Waals surface area (Å²) in [6, 6.07) is 29.4. The fraction of sp³-hybridized carbons (Fsp3) is 0.0714. The van der Waals surface area contributed by atoms with Crippen molar-refractivity contribution in [1.82, 2.24) is 4.90 Å². The molecule has 1 aliphatic rings. The van der Waals surface area contributed by atoms with Gasteiger partial charge in [0.2, 0.25) is 0 Å². The van der Waals surface area contributed by atoms with Gasteiger partial charge in [-0.2, -0.15) is 0 Å². The second kappa shape index (κ2) is 9.87. The first kappa shape index (κ1) is 22.4. The van der Waals surface area contributed by atoms with Gasteiger partial charge in [0.05, 0.1) is 11.4 Å². The van der Waals surface area contributed by atoms with Crippen LogP contribution >= 0.6 is 27.7 Å². The Morgan fingerprint density at radius 2 is 1.56 bits per heavy atom. The van der Waals surface area contributed by atoms with Gasteiger partial charge in [-0.25, -0.2) is 0 Å². The molecule has 4 aromatic rings. The molecule has 0 atom stereocenters. The van der Waals surface area contributed by atoms with Crippen molar-refractivity contribution in [3.05, 3.63) is 117 Å². The molecule has 1 aliphatic heterocycles. The summed E-state index contributed by atoms with van der Waals surface area (Å²) in [6.07, 6.45) is 1.79. The van der Waals surface area contributed by atoms with Crippen LogP contribution in [0.1, 0.15) is 16.7 Å². The van der Waals surface area contributed by atoms with Crippen LogP contribution in [-0.4, -0.2) is 16.0 Å². The van der Waals surface area contributed by atoms with E-state index in [2.05, 4.69) is 15.9 Å². The average molecular weight is 530 g/mol. The second-order valence-electron chi connectivity index (χ2n) is 7.87. The van der Waals surface area contributed by atoms with Crippen molar-refractivity contribution in [2.75, 3.05) is 0 Å². The summed E-state index contributed by atoms with van der Waals surface area (Å²) in [4.78, 5) is 27.6. The predicted molar refractivity (Wildman–Crippen MR) is 140 cm³/mol. The molecule has 0 N–H and O–H groups in total. The number of hydrogen-bond acceptors (Lipinski definition) is 4. The van der Waals surface area contributed by atoms with Gasteiger partial charge < -0.3 is 4.74 Å². The summed E-state index contributed by atoms with van der Waals surface area (Å²) in [5, 5.41) is 1.73. The molecule has 0 aromatic heterocycles. The standard InChI is InChI=1S/C28H20BrNO3S/c29-22-13-10-19(11-14-22)17-30-27(31)26(34-28(30)32)16-24-23-9-5-4-8-21(23)12-15-25(24)33-18-20-6-2-1-3-7-20/h1-16H,17-18H2/b26-16+. The van der Waals surface area contributed by atoms with E-state index in [4.69, 9.17) is 4.74 Å². The van der Waals surface area contributed by atoms with Crippen LogP contribution in [0.2, 0.25) is 0 Å². The Labute approximate surface area is 210 Å². The molecule has 0 spiro atoms. The van der Waals surface area contributed by atoms with Crippen molar-refractivity contribution in [3.63, 3.8) is 0 Å². The smallest absolute Gasteiger partial charge is 0.293 e. The molecule has 0 aliphatic carbocycles. The number of thioether (sulfide) groups is 1. The summed E-state index contributed by atoms with van der Waals surface area (Å²) in [6.45, 7) is 0.646. The second-order valence-corrected chi connectivity index (χ2v) is 9.78. The maximum absolute atomic E-state index is 13.2. The molecule has 1 saturated heterocycles. The number of benzene rings is 4. The van der Waals surface area contributed by atoms with Gasteiger partial charge in [0.1, 0.15) is 12.4 Å². The molecule has 34 heavy (non-hydrogen) atoms. The summed E-state index contributed by atoms with van der Waals surface area (Å²) in [7, 11) is 0. The fourth-order valence-corrected chi connectivity index (χ4v) is 4.91. The first-order valence-corrected chi connectivity index (χ1v) is 12.4. The number of carbonyl (C=O) groups is 2. The van der Waals surface area contributed by atoms with Crippen LogP contribution in [0.25, 0.3) is 16.8 Å². The summed E-state index contributed by atoms with van der Waals surface area (Å²) < 4.78 is 7.12. The minimum Gasteiger partial charge on any atom is -0.488 e. The zero-order valence-electron chi connectivity index (χ0n) is 18.1. The van der Waals surface area contributed by atoms with Crippen molar-refractivity contribution in [2.45, 2.75) is 13.2 Å². The number of halogens is 1. The Morgan fingerprint density at radius 1 is 0.824 bits per heavy atom. The molecular formula is C28H20BrNO3S. The lowest BCUT2D eigenvalue weighted by Gasteiger charge is -2.13. The highest BCUT2D eigenvalue weighted by Crippen LogP contribution is 2.37. The lowest BCUT2D eigenvalue weighted by Crippen LogP contribution is -2.27. The normalized spacial score (nSPS) is 14.9. The van der Waals surface area contributed by atoms with E-state index in [1.807, 2.05) is 91.0 Å². The number of amides is 2. The zero-order chi connectivity index (χ0) is 23.5. The lowest BCUT2D eigenvalue weighted by molar-refractivity contribution is -0.123. The largest absolute Gasteiger partial charge is 0.488 e. The van der Waals surface area contributed by atoms with E-state index in [-0.39, 0.29) is 17.7 Å². The van der Waals surface area contributed by atoms with Gasteiger partial charge in [-0.1, -0.05) is 88.7 Å².